The highest BCUT2D eigenvalue weighted by Gasteiger charge is 2.25. The molecule has 1 aromatic carbocycles. The monoisotopic (exact) mass is 363 g/mol. The first-order chi connectivity index (χ1) is 12.9. The van der Waals surface area contributed by atoms with E-state index in [1.165, 1.54) is 11.8 Å². The standard InChI is InChI=1S/C22H29N5/c1-5-18(23)8-11-21-24-16-20(25-21)17-6-9-19(10-7-17)26-12-14-27(15-13-26)22(2,3)4/h5-11,16,23H,1,12-15H2,2-4H3,(H,24,25)/b11-8-,23-18?. The smallest absolute Gasteiger partial charge is 0.130 e. The second-order valence-electron chi connectivity index (χ2n) is 7.87. The Morgan fingerprint density at radius 1 is 1.15 bits per heavy atom. The highest BCUT2D eigenvalue weighted by molar-refractivity contribution is 6.03. The summed E-state index contributed by atoms with van der Waals surface area (Å²) in [6.07, 6.45) is 6.79. The van der Waals surface area contributed by atoms with Gasteiger partial charge in [-0.15, -0.1) is 0 Å². The van der Waals surface area contributed by atoms with E-state index < -0.39 is 0 Å². The van der Waals surface area contributed by atoms with Crippen molar-refractivity contribution >= 4 is 17.5 Å². The molecule has 1 aliphatic rings. The summed E-state index contributed by atoms with van der Waals surface area (Å²) in [5.74, 6) is 0.735. The number of H-pyrrole nitrogens is 1. The minimum absolute atomic E-state index is 0.243. The van der Waals surface area contributed by atoms with E-state index in [1.807, 2.05) is 6.20 Å². The van der Waals surface area contributed by atoms with Crippen LogP contribution in [0.15, 0.2) is 49.2 Å². The molecule has 142 valence electrons. The zero-order chi connectivity index (χ0) is 19.4. The number of hydrogen-bond donors (Lipinski definition) is 2. The second kappa shape index (κ2) is 7.92. The molecule has 5 nitrogen and oxygen atoms in total. The SMILES string of the molecule is C=CC(=N)/C=C\c1ncc(-c2ccc(N3CCN(C(C)(C)C)CC3)cc2)[nH]1. The Morgan fingerprint density at radius 3 is 2.41 bits per heavy atom. The fraction of sp³-hybridized carbons (Fsp3) is 0.364. The first kappa shape index (κ1) is 19.1. The molecule has 0 atom stereocenters. The summed E-state index contributed by atoms with van der Waals surface area (Å²) in [5.41, 5.74) is 3.96. The third-order valence-electron chi connectivity index (χ3n) is 5.01. The Kier molecular flexibility index (Phi) is 5.61. The number of nitrogens with zero attached hydrogens (tertiary/aromatic N) is 3. The molecule has 1 saturated heterocycles. The molecule has 0 radical (unpaired) electrons. The summed E-state index contributed by atoms with van der Waals surface area (Å²) in [6.45, 7) is 14.7. The normalized spacial score (nSPS) is 16.0. The number of allylic oxidation sites excluding steroid dienone is 2. The number of aromatic amines is 1. The molecule has 0 spiro atoms. The summed E-state index contributed by atoms with van der Waals surface area (Å²) in [7, 11) is 0. The molecule has 2 heterocycles. The van der Waals surface area contributed by atoms with Crippen LogP contribution in [0.3, 0.4) is 0 Å². The third kappa shape index (κ3) is 4.74. The summed E-state index contributed by atoms with van der Waals surface area (Å²) >= 11 is 0. The average Bonchev–Trinajstić information content (AvgIpc) is 3.14. The summed E-state index contributed by atoms with van der Waals surface area (Å²) in [6, 6.07) is 8.65. The summed E-state index contributed by atoms with van der Waals surface area (Å²) < 4.78 is 0. The lowest BCUT2D eigenvalue weighted by Gasteiger charge is -2.43. The van der Waals surface area contributed by atoms with Crippen molar-refractivity contribution in [3.63, 3.8) is 0 Å². The van der Waals surface area contributed by atoms with E-state index in [9.17, 15) is 0 Å². The zero-order valence-electron chi connectivity index (χ0n) is 16.5. The van der Waals surface area contributed by atoms with Crippen molar-refractivity contribution in [1.82, 2.24) is 14.9 Å². The highest BCUT2D eigenvalue weighted by atomic mass is 15.3. The molecule has 0 bridgehead atoms. The van der Waals surface area contributed by atoms with Crippen molar-refractivity contribution in [1.29, 1.82) is 5.41 Å². The van der Waals surface area contributed by atoms with Gasteiger partial charge in [-0.2, -0.15) is 0 Å². The van der Waals surface area contributed by atoms with Crippen molar-refractivity contribution in [3.05, 3.63) is 55.0 Å². The molecular formula is C22H29N5. The maximum atomic E-state index is 7.57. The van der Waals surface area contributed by atoms with Crippen LogP contribution in [0.4, 0.5) is 5.69 Å². The van der Waals surface area contributed by atoms with Crippen LogP contribution in [-0.2, 0) is 0 Å². The van der Waals surface area contributed by atoms with Gasteiger partial charge in [-0.25, -0.2) is 4.98 Å². The predicted molar refractivity (Wildman–Crippen MR) is 115 cm³/mol. The van der Waals surface area contributed by atoms with Gasteiger partial charge >= 0.3 is 0 Å². The van der Waals surface area contributed by atoms with Gasteiger partial charge in [0.2, 0.25) is 0 Å². The van der Waals surface area contributed by atoms with E-state index in [2.05, 4.69) is 71.4 Å². The average molecular weight is 364 g/mol. The topological polar surface area (TPSA) is 59.0 Å². The molecule has 2 aromatic rings. The van der Waals surface area contributed by atoms with Crippen molar-refractivity contribution in [2.45, 2.75) is 26.3 Å². The quantitative estimate of drug-likeness (QED) is 0.782. The molecular weight excluding hydrogens is 334 g/mol. The van der Waals surface area contributed by atoms with Gasteiger partial charge in [0.1, 0.15) is 5.82 Å². The molecule has 1 fully saturated rings. The Labute approximate surface area is 161 Å². The minimum Gasteiger partial charge on any atom is -0.369 e. The van der Waals surface area contributed by atoms with Gasteiger partial charge in [-0.05, 0) is 56.7 Å². The van der Waals surface area contributed by atoms with Gasteiger partial charge in [0.15, 0.2) is 0 Å². The molecule has 1 aliphatic heterocycles. The van der Waals surface area contributed by atoms with Gasteiger partial charge in [0, 0.05) is 37.4 Å². The van der Waals surface area contributed by atoms with Crippen LogP contribution >= 0.6 is 0 Å². The Balaban J connectivity index is 1.64. The summed E-state index contributed by atoms with van der Waals surface area (Å²) in [5, 5.41) is 7.57. The predicted octanol–water partition coefficient (Wildman–Crippen LogP) is 4.22. The van der Waals surface area contributed by atoms with Crippen LogP contribution in [0.2, 0.25) is 0 Å². The number of benzene rings is 1. The Bertz CT molecular complexity index is 815. The van der Waals surface area contributed by atoms with Crippen LogP contribution < -0.4 is 4.90 Å². The molecule has 0 saturated carbocycles. The fourth-order valence-corrected chi connectivity index (χ4v) is 3.29. The van der Waals surface area contributed by atoms with Crippen LogP contribution in [0.1, 0.15) is 26.6 Å². The number of aromatic nitrogens is 2. The number of imidazole rings is 1. The maximum absolute atomic E-state index is 7.57. The van der Waals surface area contributed by atoms with E-state index in [0.29, 0.717) is 5.71 Å². The van der Waals surface area contributed by atoms with E-state index in [-0.39, 0.29) is 5.54 Å². The second-order valence-corrected chi connectivity index (χ2v) is 7.87. The van der Waals surface area contributed by atoms with Gasteiger partial charge < -0.3 is 15.3 Å². The number of nitrogens with one attached hydrogen (secondary N) is 2. The molecule has 0 aliphatic carbocycles. The van der Waals surface area contributed by atoms with E-state index in [4.69, 9.17) is 5.41 Å². The Hall–Kier alpha value is -2.66. The summed E-state index contributed by atoms with van der Waals surface area (Å²) in [4.78, 5) is 12.6. The number of rotatable bonds is 5. The Morgan fingerprint density at radius 2 is 1.81 bits per heavy atom. The van der Waals surface area contributed by atoms with Crippen LogP contribution in [0.5, 0.6) is 0 Å². The lowest BCUT2D eigenvalue weighted by atomic mass is 10.0. The number of anilines is 1. The molecule has 5 heteroatoms. The zero-order valence-corrected chi connectivity index (χ0v) is 16.5. The van der Waals surface area contributed by atoms with Gasteiger partial charge in [-0.3, -0.25) is 4.90 Å². The largest absolute Gasteiger partial charge is 0.369 e. The lowest BCUT2D eigenvalue weighted by Crippen LogP contribution is -2.53. The van der Waals surface area contributed by atoms with Crippen molar-refractivity contribution in [2.75, 3.05) is 31.1 Å². The molecule has 3 rings (SSSR count). The molecule has 0 amide bonds. The van der Waals surface area contributed by atoms with Crippen molar-refractivity contribution < 1.29 is 0 Å². The molecule has 2 N–H and O–H groups in total. The highest BCUT2D eigenvalue weighted by Crippen LogP contribution is 2.24. The first-order valence-corrected chi connectivity index (χ1v) is 9.41. The lowest BCUT2D eigenvalue weighted by molar-refractivity contribution is 0.128. The maximum Gasteiger partial charge on any atom is 0.130 e. The van der Waals surface area contributed by atoms with Crippen molar-refractivity contribution in [2.24, 2.45) is 0 Å². The van der Waals surface area contributed by atoms with Gasteiger partial charge in [0.05, 0.1) is 17.6 Å². The van der Waals surface area contributed by atoms with E-state index in [1.54, 1.807) is 12.2 Å². The van der Waals surface area contributed by atoms with Gasteiger partial charge in [-0.1, -0.05) is 18.7 Å². The third-order valence-corrected chi connectivity index (χ3v) is 5.01. The number of hydrogen-bond acceptors (Lipinski definition) is 4. The minimum atomic E-state index is 0.243. The van der Waals surface area contributed by atoms with Crippen LogP contribution in [-0.4, -0.2) is 52.3 Å². The fourth-order valence-electron chi connectivity index (χ4n) is 3.29. The van der Waals surface area contributed by atoms with Crippen LogP contribution in [0, 0.1) is 5.41 Å². The van der Waals surface area contributed by atoms with Crippen molar-refractivity contribution in [3.8, 4) is 11.3 Å². The van der Waals surface area contributed by atoms with Gasteiger partial charge in [0.25, 0.3) is 0 Å². The molecule has 1 aromatic heterocycles. The molecule has 27 heavy (non-hydrogen) atoms. The molecule has 0 unspecified atom stereocenters. The van der Waals surface area contributed by atoms with Crippen LogP contribution in [0.25, 0.3) is 17.3 Å². The van der Waals surface area contributed by atoms with E-state index in [0.717, 1.165) is 43.3 Å². The first-order valence-electron chi connectivity index (χ1n) is 9.41. The number of piperazine rings is 1. The van der Waals surface area contributed by atoms with E-state index >= 15 is 0 Å².